The Morgan fingerprint density at radius 1 is 1.21 bits per heavy atom. The number of hydrogen-bond acceptors (Lipinski definition) is 6. The number of hydrogen-bond donors (Lipinski definition) is 1. The summed E-state index contributed by atoms with van der Waals surface area (Å²) in [6.45, 7) is 9.18. The number of nitrogens with two attached hydrogens (primary N) is 1. The van der Waals surface area contributed by atoms with Crippen LogP contribution in [0.5, 0.6) is 0 Å². The first kappa shape index (κ1) is 18.2. The molecular formula is C20H24N6O2. The standard InChI is InChI=1S/C20H24N6O2/c1-12-23-17(21)16-18(24-12)26(11-22-16)8-13-5-6-14-9-25(10-15(14)7-13)19(27)28-20(2,3)4/h5-7,11H,8-10H2,1-4H3,(H2,21,23,24). The molecule has 0 spiro atoms. The molecule has 0 bridgehead atoms. The quantitative estimate of drug-likeness (QED) is 0.734. The Kier molecular flexibility index (Phi) is 4.21. The average molecular weight is 380 g/mol. The van der Waals surface area contributed by atoms with Crippen LogP contribution in [0.2, 0.25) is 0 Å². The van der Waals surface area contributed by atoms with Gasteiger partial charge in [0.15, 0.2) is 11.5 Å². The number of fused-ring (bicyclic) bond motifs is 2. The molecule has 0 fully saturated rings. The van der Waals surface area contributed by atoms with Crippen LogP contribution in [0.4, 0.5) is 10.6 Å². The topological polar surface area (TPSA) is 99.2 Å². The summed E-state index contributed by atoms with van der Waals surface area (Å²) in [7, 11) is 0. The Hall–Kier alpha value is -3.16. The summed E-state index contributed by atoms with van der Waals surface area (Å²) in [5.41, 5.74) is 10.2. The molecule has 2 aromatic heterocycles. The van der Waals surface area contributed by atoms with Crippen molar-refractivity contribution in [3.8, 4) is 0 Å². The Balaban J connectivity index is 1.54. The third-order valence-electron chi connectivity index (χ3n) is 4.60. The number of benzene rings is 1. The third-order valence-corrected chi connectivity index (χ3v) is 4.60. The van der Waals surface area contributed by atoms with Gasteiger partial charge in [-0.15, -0.1) is 0 Å². The van der Waals surface area contributed by atoms with Crippen molar-refractivity contribution >= 4 is 23.1 Å². The van der Waals surface area contributed by atoms with Gasteiger partial charge in [-0.1, -0.05) is 18.2 Å². The summed E-state index contributed by atoms with van der Waals surface area (Å²) >= 11 is 0. The predicted octanol–water partition coefficient (Wildman–Crippen LogP) is 3.02. The van der Waals surface area contributed by atoms with E-state index in [0.717, 1.165) is 22.3 Å². The summed E-state index contributed by atoms with van der Waals surface area (Å²) in [6, 6.07) is 6.27. The summed E-state index contributed by atoms with van der Waals surface area (Å²) in [6.07, 6.45) is 1.45. The Morgan fingerprint density at radius 3 is 2.71 bits per heavy atom. The van der Waals surface area contributed by atoms with E-state index in [1.54, 1.807) is 11.2 Å². The first-order valence-electron chi connectivity index (χ1n) is 9.23. The van der Waals surface area contributed by atoms with Crippen LogP contribution in [0.25, 0.3) is 11.2 Å². The van der Waals surface area contributed by atoms with Crippen LogP contribution in [0.3, 0.4) is 0 Å². The Morgan fingerprint density at radius 2 is 1.96 bits per heavy atom. The first-order valence-corrected chi connectivity index (χ1v) is 9.23. The molecule has 1 amide bonds. The number of ether oxygens (including phenoxy) is 1. The first-order chi connectivity index (χ1) is 13.2. The normalized spacial score (nSPS) is 13.8. The number of aromatic nitrogens is 4. The predicted molar refractivity (Wildman–Crippen MR) is 105 cm³/mol. The van der Waals surface area contributed by atoms with Crippen LogP contribution in [0.1, 0.15) is 43.3 Å². The molecule has 1 aliphatic heterocycles. The summed E-state index contributed by atoms with van der Waals surface area (Å²) in [5.74, 6) is 1.01. The number of imidazole rings is 1. The van der Waals surface area contributed by atoms with Crippen molar-refractivity contribution in [2.75, 3.05) is 5.73 Å². The number of carbonyl (C=O) groups is 1. The van der Waals surface area contributed by atoms with Gasteiger partial charge in [0.05, 0.1) is 12.9 Å². The number of rotatable bonds is 2. The highest BCUT2D eigenvalue weighted by atomic mass is 16.6. The fraction of sp³-hybridized carbons (Fsp3) is 0.400. The minimum Gasteiger partial charge on any atom is -0.444 e. The minimum absolute atomic E-state index is 0.284. The molecule has 0 saturated carbocycles. The second-order valence-electron chi connectivity index (χ2n) is 8.14. The lowest BCUT2D eigenvalue weighted by molar-refractivity contribution is 0.0242. The van der Waals surface area contributed by atoms with E-state index in [9.17, 15) is 4.79 Å². The monoisotopic (exact) mass is 380 g/mol. The van der Waals surface area contributed by atoms with Gasteiger partial charge >= 0.3 is 6.09 Å². The van der Waals surface area contributed by atoms with Crippen molar-refractivity contribution in [3.63, 3.8) is 0 Å². The van der Waals surface area contributed by atoms with Gasteiger partial charge in [-0.05, 0) is 44.4 Å². The second kappa shape index (κ2) is 6.47. The van der Waals surface area contributed by atoms with Crippen molar-refractivity contribution in [2.24, 2.45) is 0 Å². The second-order valence-corrected chi connectivity index (χ2v) is 8.14. The number of carbonyl (C=O) groups excluding carboxylic acids is 1. The average Bonchev–Trinajstić information content (AvgIpc) is 3.18. The van der Waals surface area contributed by atoms with Crippen molar-refractivity contribution in [1.82, 2.24) is 24.4 Å². The van der Waals surface area contributed by atoms with Gasteiger partial charge in [0.1, 0.15) is 16.9 Å². The van der Waals surface area contributed by atoms with Crippen molar-refractivity contribution in [1.29, 1.82) is 0 Å². The molecule has 3 heterocycles. The number of amides is 1. The number of anilines is 1. The van der Waals surface area contributed by atoms with Crippen LogP contribution < -0.4 is 5.73 Å². The zero-order valence-electron chi connectivity index (χ0n) is 16.6. The van der Waals surface area contributed by atoms with E-state index in [0.29, 0.717) is 36.8 Å². The molecule has 0 aliphatic carbocycles. The highest BCUT2D eigenvalue weighted by Gasteiger charge is 2.27. The molecule has 2 N–H and O–H groups in total. The number of aryl methyl sites for hydroxylation is 1. The van der Waals surface area contributed by atoms with Gasteiger partial charge < -0.3 is 15.0 Å². The van der Waals surface area contributed by atoms with E-state index < -0.39 is 5.60 Å². The molecule has 0 atom stereocenters. The van der Waals surface area contributed by atoms with Crippen LogP contribution in [-0.4, -0.2) is 36.1 Å². The van der Waals surface area contributed by atoms with Gasteiger partial charge in [-0.2, -0.15) is 0 Å². The van der Waals surface area contributed by atoms with Gasteiger partial charge in [0, 0.05) is 13.1 Å². The largest absolute Gasteiger partial charge is 0.444 e. The fourth-order valence-corrected chi connectivity index (χ4v) is 3.39. The third kappa shape index (κ3) is 3.49. The van der Waals surface area contributed by atoms with E-state index in [4.69, 9.17) is 10.5 Å². The lowest BCUT2D eigenvalue weighted by Gasteiger charge is -2.24. The van der Waals surface area contributed by atoms with E-state index in [1.807, 2.05) is 32.3 Å². The van der Waals surface area contributed by atoms with Gasteiger partial charge in [-0.3, -0.25) is 4.90 Å². The molecule has 0 saturated heterocycles. The van der Waals surface area contributed by atoms with Crippen molar-refractivity contribution in [3.05, 3.63) is 47.0 Å². The van der Waals surface area contributed by atoms with E-state index >= 15 is 0 Å². The highest BCUT2D eigenvalue weighted by Crippen LogP contribution is 2.26. The van der Waals surface area contributed by atoms with Gasteiger partial charge in [0.25, 0.3) is 0 Å². The number of nitrogen functional groups attached to an aromatic ring is 1. The van der Waals surface area contributed by atoms with E-state index in [1.165, 1.54) is 0 Å². The molecule has 1 aliphatic rings. The summed E-state index contributed by atoms with van der Waals surface area (Å²) in [4.78, 5) is 27.0. The molecule has 0 radical (unpaired) electrons. The van der Waals surface area contributed by atoms with Crippen molar-refractivity contribution < 1.29 is 9.53 Å². The van der Waals surface area contributed by atoms with E-state index in [-0.39, 0.29) is 6.09 Å². The molecular weight excluding hydrogens is 356 g/mol. The molecule has 4 rings (SSSR count). The molecule has 28 heavy (non-hydrogen) atoms. The van der Waals surface area contributed by atoms with Crippen LogP contribution >= 0.6 is 0 Å². The summed E-state index contributed by atoms with van der Waals surface area (Å²) < 4.78 is 7.45. The molecule has 146 valence electrons. The summed E-state index contributed by atoms with van der Waals surface area (Å²) in [5, 5.41) is 0. The molecule has 1 aromatic carbocycles. The zero-order chi connectivity index (χ0) is 20.1. The molecule has 3 aromatic rings. The highest BCUT2D eigenvalue weighted by molar-refractivity contribution is 5.81. The lowest BCUT2D eigenvalue weighted by Crippen LogP contribution is -2.33. The Bertz CT molecular complexity index is 1070. The maximum atomic E-state index is 12.3. The number of nitrogens with zero attached hydrogens (tertiary/aromatic N) is 5. The lowest BCUT2D eigenvalue weighted by atomic mass is 10.1. The maximum Gasteiger partial charge on any atom is 0.410 e. The van der Waals surface area contributed by atoms with Crippen LogP contribution in [0, 0.1) is 6.92 Å². The van der Waals surface area contributed by atoms with Crippen LogP contribution in [-0.2, 0) is 24.4 Å². The molecule has 0 unspecified atom stereocenters. The maximum absolute atomic E-state index is 12.3. The van der Waals surface area contributed by atoms with Gasteiger partial charge in [-0.25, -0.2) is 19.7 Å². The molecule has 8 nitrogen and oxygen atoms in total. The van der Waals surface area contributed by atoms with Gasteiger partial charge in [0.2, 0.25) is 0 Å². The molecule has 8 heteroatoms. The van der Waals surface area contributed by atoms with Crippen molar-refractivity contribution in [2.45, 2.75) is 52.9 Å². The van der Waals surface area contributed by atoms with E-state index in [2.05, 4.69) is 33.2 Å². The fourth-order valence-electron chi connectivity index (χ4n) is 3.39. The van der Waals surface area contributed by atoms with Crippen LogP contribution in [0.15, 0.2) is 24.5 Å². The zero-order valence-corrected chi connectivity index (χ0v) is 16.6. The minimum atomic E-state index is -0.499. The smallest absolute Gasteiger partial charge is 0.410 e. The SMILES string of the molecule is Cc1nc(N)c2ncn(Cc3ccc4c(c3)CN(C(=O)OC(C)(C)C)C4)c2n1. The Labute approximate surface area is 163 Å².